The first-order valence-corrected chi connectivity index (χ1v) is 8.22. The van der Waals surface area contributed by atoms with Gasteiger partial charge in [-0.2, -0.15) is 5.26 Å². The number of anilines is 3. The van der Waals surface area contributed by atoms with Gasteiger partial charge in [-0.3, -0.25) is 9.78 Å². The van der Waals surface area contributed by atoms with Crippen LogP contribution < -0.4 is 10.6 Å². The summed E-state index contributed by atoms with van der Waals surface area (Å²) in [4.78, 5) is 16.5. The van der Waals surface area contributed by atoms with Crippen molar-refractivity contribution in [2.45, 2.75) is 0 Å². The van der Waals surface area contributed by atoms with E-state index in [1.807, 2.05) is 30.3 Å². The fraction of sp³-hybridized carbons (Fsp3) is 0. The molecule has 0 bridgehead atoms. The average Bonchev–Trinajstić information content (AvgIpc) is 2.62. The van der Waals surface area contributed by atoms with Gasteiger partial charge in [0.05, 0.1) is 29.1 Å². The number of benzene rings is 2. The second kappa shape index (κ2) is 7.60. The first kappa shape index (κ1) is 16.7. The quantitative estimate of drug-likeness (QED) is 0.673. The topological polar surface area (TPSA) is 77.8 Å². The number of nitrogens with one attached hydrogen (secondary N) is 2. The van der Waals surface area contributed by atoms with Crippen LogP contribution in [0.1, 0.15) is 15.9 Å². The highest BCUT2D eigenvalue weighted by Gasteiger charge is 2.08. The van der Waals surface area contributed by atoms with E-state index in [-0.39, 0.29) is 5.91 Å². The smallest absolute Gasteiger partial charge is 0.257 e. The summed E-state index contributed by atoms with van der Waals surface area (Å²) < 4.78 is 0.958. The lowest BCUT2D eigenvalue weighted by molar-refractivity contribution is 0.102. The van der Waals surface area contributed by atoms with Crippen molar-refractivity contribution in [3.63, 3.8) is 0 Å². The van der Waals surface area contributed by atoms with E-state index >= 15 is 0 Å². The van der Waals surface area contributed by atoms with Gasteiger partial charge in [-0.25, -0.2) is 0 Å². The Morgan fingerprint density at radius 2 is 1.80 bits per heavy atom. The van der Waals surface area contributed by atoms with Crippen LogP contribution in [0, 0.1) is 11.3 Å². The summed E-state index contributed by atoms with van der Waals surface area (Å²) in [5.74, 6) is -0.268. The summed E-state index contributed by atoms with van der Waals surface area (Å²) in [5, 5.41) is 14.8. The number of hydrogen-bond donors (Lipinski definition) is 2. The molecular formula is C19H13BrN4O. The van der Waals surface area contributed by atoms with Gasteiger partial charge in [0, 0.05) is 22.0 Å². The van der Waals surface area contributed by atoms with Crippen molar-refractivity contribution in [1.29, 1.82) is 5.26 Å². The molecule has 25 heavy (non-hydrogen) atoms. The first-order valence-electron chi connectivity index (χ1n) is 7.43. The molecule has 0 saturated carbocycles. The molecular weight excluding hydrogens is 380 g/mol. The van der Waals surface area contributed by atoms with Gasteiger partial charge in [0.15, 0.2) is 0 Å². The van der Waals surface area contributed by atoms with E-state index in [0.29, 0.717) is 22.5 Å². The van der Waals surface area contributed by atoms with Crippen molar-refractivity contribution in [2.75, 3.05) is 10.6 Å². The molecule has 1 amide bonds. The predicted molar refractivity (Wildman–Crippen MR) is 101 cm³/mol. The monoisotopic (exact) mass is 392 g/mol. The molecule has 0 radical (unpaired) electrons. The number of halogens is 1. The lowest BCUT2D eigenvalue weighted by Crippen LogP contribution is -2.12. The Bertz CT molecular complexity index is 948. The maximum absolute atomic E-state index is 12.4. The molecule has 3 aromatic rings. The molecule has 2 aromatic carbocycles. The Kier molecular flexibility index (Phi) is 5.07. The largest absolute Gasteiger partial charge is 0.354 e. The second-order valence-corrected chi connectivity index (χ2v) is 6.16. The van der Waals surface area contributed by atoms with E-state index in [4.69, 9.17) is 5.26 Å². The molecule has 2 N–H and O–H groups in total. The number of amides is 1. The van der Waals surface area contributed by atoms with E-state index in [0.717, 1.165) is 10.2 Å². The van der Waals surface area contributed by atoms with E-state index < -0.39 is 0 Å². The SMILES string of the molecule is N#Cc1ccc(NC(=O)c2cncc(Nc3cccc(Br)c3)c2)cc1. The number of pyridine rings is 1. The molecule has 0 spiro atoms. The minimum absolute atomic E-state index is 0.268. The molecule has 1 aromatic heterocycles. The molecule has 1 heterocycles. The summed E-state index contributed by atoms with van der Waals surface area (Å²) in [5.41, 5.74) is 3.20. The van der Waals surface area contributed by atoms with Crippen molar-refractivity contribution in [3.8, 4) is 6.07 Å². The fourth-order valence-electron chi connectivity index (χ4n) is 2.20. The van der Waals surface area contributed by atoms with Crippen LogP contribution >= 0.6 is 15.9 Å². The van der Waals surface area contributed by atoms with Gasteiger partial charge in [0.25, 0.3) is 5.91 Å². The molecule has 0 aliphatic carbocycles. The van der Waals surface area contributed by atoms with Gasteiger partial charge in [-0.15, -0.1) is 0 Å². The van der Waals surface area contributed by atoms with Crippen LogP contribution in [0.25, 0.3) is 0 Å². The Labute approximate surface area is 153 Å². The summed E-state index contributed by atoms with van der Waals surface area (Å²) in [6.07, 6.45) is 3.16. The molecule has 6 heteroatoms. The third-order valence-corrected chi connectivity index (χ3v) is 3.88. The number of carbonyl (C=O) groups is 1. The summed E-state index contributed by atoms with van der Waals surface area (Å²) in [7, 11) is 0. The fourth-order valence-corrected chi connectivity index (χ4v) is 2.60. The third kappa shape index (κ3) is 4.43. The van der Waals surface area contributed by atoms with Crippen LogP contribution in [0.4, 0.5) is 17.1 Å². The number of aromatic nitrogens is 1. The maximum Gasteiger partial charge on any atom is 0.257 e. The van der Waals surface area contributed by atoms with E-state index in [1.54, 1.807) is 36.5 Å². The van der Waals surface area contributed by atoms with Crippen LogP contribution in [0.2, 0.25) is 0 Å². The third-order valence-electron chi connectivity index (χ3n) is 3.39. The van der Waals surface area contributed by atoms with E-state index in [9.17, 15) is 4.79 Å². The molecule has 122 valence electrons. The van der Waals surface area contributed by atoms with E-state index in [1.165, 1.54) is 6.20 Å². The lowest BCUT2D eigenvalue weighted by atomic mass is 10.2. The van der Waals surface area contributed by atoms with Crippen LogP contribution in [0.5, 0.6) is 0 Å². The number of hydrogen-bond acceptors (Lipinski definition) is 4. The van der Waals surface area contributed by atoms with Gasteiger partial charge in [0.2, 0.25) is 0 Å². The zero-order valence-electron chi connectivity index (χ0n) is 13.0. The van der Waals surface area contributed by atoms with Crippen molar-refractivity contribution in [1.82, 2.24) is 4.98 Å². The Morgan fingerprint density at radius 3 is 2.52 bits per heavy atom. The lowest BCUT2D eigenvalue weighted by Gasteiger charge is -2.09. The van der Waals surface area contributed by atoms with Crippen LogP contribution in [0.3, 0.4) is 0 Å². The highest BCUT2D eigenvalue weighted by Crippen LogP contribution is 2.21. The highest BCUT2D eigenvalue weighted by atomic mass is 79.9. The molecule has 0 unspecified atom stereocenters. The van der Waals surface area contributed by atoms with Crippen LogP contribution in [-0.4, -0.2) is 10.9 Å². The van der Waals surface area contributed by atoms with Gasteiger partial charge in [-0.05, 0) is 48.5 Å². The van der Waals surface area contributed by atoms with Gasteiger partial charge < -0.3 is 10.6 Å². The number of nitrogens with zero attached hydrogens (tertiary/aromatic N) is 2. The maximum atomic E-state index is 12.4. The summed E-state index contributed by atoms with van der Waals surface area (Å²) in [6.45, 7) is 0. The highest BCUT2D eigenvalue weighted by molar-refractivity contribution is 9.10. The predicted octanol–water partition coefficient (Wildman–Crippen LogP) is 4.71. The van der Waals surface area contributed by atoms with Crippen LogP contribution in [0.15, 0.2) is 71.5 Å². The first-order chi connectivity index (χ1) is 12.1. The molecule has 0 saturated heterocycles. The normalized spacial score (nSPS) is 9.92. The molecule has 0 fully saturated rings. The number of carbonyl (C=O) groups excluding carboxylic acids is 1. The summed E-state index contributed by atoms with van der Waals surface area (Å²) in [6, 6.07) is 18.2. The average molecular weight is 393 g/mol. The van der Waals surface area contributed by atoms with Crippen LogP contribution in [-0.2, 0) is 0 Å². The molecule has 0 aliphatic rings. The molecule has 3 rings (SSSR count). The zero-order valence-corrected chi connectivity index (χ0v) is 14.6. The van der Waals surface area contributed by atoms with Crippen molar-refractivity contribution in [3.05, 3.63) is 82.6 Å². The molecule has 0 atom stereocenters. The minimum atomic E-state index is -0.268. The van der Waals surface area contributed by atoms with Crippen molar-refractivity contribution >= 4 is 38.9 Å². The number of rotatable bonds is 4. The Balaban J connectivity index is 1.73. The molecule has 5 nitrogen and oxygen atoms in total. The minimum Gasteiger partial charge on any atom is -0.354 e. The zero-order chi connectivity index (χ0) is 17.6. The molecule has 0 aliphatic heterocycles. The van der Waals surface area contributed by atoms with Crippen molar-refractivity contribution in [2.24, 2.45) is 0 Å². The number of nitriles is 1. The Morgan fingerprint density at radius 1 is 1.00 bits per heavy atom. The Hall–Kier alpha value is -3.17. The van der Waals surface area contributed by atoms with Gasteiger partial charge in [-0.1, -0.05) is 22.0 Å². The second-order valence-electron chi connectivity index (χ2n) is 5.24. The van der Waals surface area contributed by atoms with Gasteiger partial charge >= 0.3 is 0 Å². The summed E-state index contributed by atoms with van der Waals surface area (Å²) >= 11 is 3.42. The standard InChI is InChI=1S/C19H13BrN4O/c20-15-2-1-3-17(9-15)23-18-8-14(11-22-12-18)19(25)24-16-6-4-13(10-21)5-7-16/h1-9,11-12,23H,(H,24,25). The van der Waals surface area contributed by atoms with Crippen molar-refractivity contribution < 1.29 is 4.79 Å². The van der Waals surface area contributed by atoms with E-state index in [2.05, 4.69) is 31.5 Å². The van der Waals surface area contributed by atoms with Gasteiger partial charge in [0.1, 0.15) is 0 Å².